The predicted molar refractivity (Wildman–Crippen MR) is 144 cm³/mol. The Morgan fingerprint density at radius 1 is 0.974 bits per heavy atom. The number of carbonyl (C=O) groups excluding carboxylic acids is 2. The molecule has 3 aromatic carbocycles. The summed E-state index contributed by atoms with van der Waals surface area (Å²) >= 11 is 0. The quantitative estimate of drug-likeness (QED) is 0.278. The number of nitrogens with one attached hydrogen (secondary N) is 1. The minimum atomic E-state index is -4.29. The first-order valence-electron chi connectivity index (χ1n) is 12.1. The van der Waals surface area contributed by atoms with Crippen molar-refractivity contribution in [1.82, 2.24) is 10.2 Å². The number of nitrogens with zero attached hydrogens (tertiary/aromatic N) is 3. The number of non-ortho nitro benzene ring substituents is 1. The van der Waals surface area contributed by atoms with E-state index in [1.807, 2.05) is 30.3 Å². The summed E-state index contributed by atoms with van der Waals surface area (Å²) in [7, 11) is -4.29. The fourth-order valence-electron chi connectivity index (χ4n) is 3.90. The van der Waals surface area contributed by atoms with Crippen LogP contribution in [0.4, 0.5) is 11.4 Å². The van der Waals surface area contributed by atoms with Crippen LogP contribution in [0.15, 0.2) is 89.8 Å². The van der Waals surface area contributed by atoms with Gasteiger partial charge in [0.2, 0.25) is 11.8 Å². The van der Waals surface area contributed by atoms with Gasteiger partial charge in [0, 0.05) is 25.2 Å². The van der Waals surface area contributed by atoms with Crippen molar-refractivity contribution in [2.24, 2.45) is 0 Å². The number of hydrogen-bond donors (Lipinski definition) is 1. The highest BCUT2D eigenvalue weighted by Gasteiger charge is 2.32. The maximum absolute atomic E-state index is 13.7. The zero-order chi connectivity index (χ0) is 27.7. The molecule has 0 fully saturated rings. The van der Waals surface area contributed by atoms with Gasteiger partial charge in [-0.3, -0.25) is 24.0 Å². The van der Waals surface area contributed by atoms with Gasteiger partial charge >= 0.3 is 0 Å². The van der Waals surface area contributed by atoms with E-state index in [2.05, 4.69) is 5.32 Å². The number of amides is 2. The fraction of sp³-hybridized carbons (Fsp3) is 0.259. The van der Waals surface area contributed by atoms with E-state index in [1.165, 1.54) is 35.2 Å². The Kier molecular flexibility index (Phi) is 9.55. The molecule has 0 saturated carbocycles. The lowest BCUT2D eigenvalue weighted by Crippen LogP contribution is -2.52. The van der Waals surface area contributed by atoms with Crippen molar-refractivity contribution in [2.45, 2.75) is 31.2 Å². The number of benzene rings is 3. The summed E-state index contributed by atoms with van der Waals surface area (Å²) in [4.78, 5) is 38.4. The van der Waals surface area contributed by atoms with Gasteiger partial charge in [-0.2, -0.15) is 0 Å². The van der Waals surface area contributed by atoms with Crippen molar-refractivity contribution >= 4 is 33.2 Å². The van der Waals surface area contributed by atoms with Crippen LogP contribution >= 0.6 is 0 Å². The van der Waals surface area contributed by atoms with Crippen LogP contribution in [0.3, 0.4) is 0 Å². The monoisotopic (exact) mass is 538 g/mol. The third kappa shape index (κ3) is 6.94. The second-order valence-corrected chi connectivity index (χ2v) is 10.4. The Hall–Kier alpha value is -4.25. The number of sulfonamides is 1. The minimum Gasteiger partial charge on any atom is -0.355 e. The van der Waals surface area contributed by atoms with Gasteiger partial charge in [0.15, 0.2) is 0 Å². The SMILES string of the molecule is CCNC(=O)C(C)N(CCc1ccccc1)C(=O)CN(c1cccc([N+](=O)[O-])c1)S(=O)(=O)c1ccccc1. The Balaban J connectivity index is 2.00. The minimum absolute atomic E-state index is 0.0370. The van der Waals surface area contributed by atoms with Crippen molar-refractivity contribution in [3.05, 3.63) is 101 Å². The standard InChI is InChI=1S/C27H30N4O6S/c1-3-28-27(33)21(2)29(18-17-22-11-6-4-7-12-22)26(32)20-30(23-13-10-14-24(19-23)31(34)35)38(36,37)25-15-8-5-9-16-25/h4-16,19,21H,3,17-18,20H2,1-2H3,(H,28,33). The first-order valence-corrected chi connectivity index (χ1v) is 13.5. The Labute approximate surface area is 222 Å². The van der Waals surface area contributed by atoms with Gasteiger partial charge in [0.25, 0.3) is 15.7 Å². The molecule has 0 aliphatic heterocycles. The Morgan fingerprint density at radius 3 is 2.21 bits per heavy atom. The first kappa shape index (κ1) is 28.3. The first-order chi connectivity index (χ1) is 18.1. The molecule has 0 spiro atoms. The van der Waals surface area contributed by atoms with E-state index in [1.54, 1.807) is 32.0 Å². The van der Waals surface area contributed by atoms with Gasteiger partial charge in [-0.1, -0.05) is 54.6 Å². The number of carbonyl (C=O) groups is 2. The summed E-state index contributed by atoms with van der Waals surface area (Å²) in [6.07, 6.45) is 0.443. The zero-order valence-corrected chi connectivity index (χ0v) is 22.0. The number of rotatable bonds is 12. The van der Waals surface area contributed by atoms with Crippen molar-refractivity contribution in [1.29, 1.82) is 0 Å². The molecule has 0 saturated heterocycles. The van der Waals surface area contributed by atoms with Crippen LogP contribution in [0.2, 0.25) is 0 Å². The highest BCUT2D eigenvalue weighted by atomic mass is 32.2. The van der Waals surface area contributed by atoms with Crippen molar-refractivity contribution in [2.75, 3.05) is 23.9 Å². The highest BCUT2D eigenvalue weighted by molar-refractivity contribution is 7.92. The molecule has 1 unspecified atom stereocenters. The fourth-order valence-corrected chi connectivity index (χ4v) is 5.33. The number of nitro groups is 1. The molecule has 1 N–H and O–H groups in total. The molecule has 0 aliphatic carbocycles. The van der Waals surface area contributed by atoms with Crippen LogP contribution in [-0.4, -0.2) is 55.7 Å². The molecule has 3 aromatic rings. The van der Waals surface area contributed by atoms with Crippen molar-refractivity contribution in [3.8, 4) is 0 Å². The van der Waals surface area contributed by atoms with E-state index in [4.69, 9.17) is 0 Å². The smallest absolute Gasteiger partial charge is 0.271 e. The van der Waals surface area contributed by atoms with E-state index in [0.717, 1.165) is 15.9 Å². The van der Waals surface area contributed by atoms with Crippen LogP contribution in [-0.2, 0) is 26.0 Å². The number of anilines is 1. The summed E-state index contributed by atoms with van der Waals surface area (Å²) < 4.78 is 28.2. The molecule has 3 rings (SSSR count). The third-order valence-corrected chi connectivity index (χ3v) is 7.73. The Morgan fingerprint density at radius 2 is 1.61 bits per heavy atom. The number of hydrogen-bond acceptors (Lipinski definition) is 6. The second-order valence-electron chi connectivity index (χ2n) is 8.49. The van der Waals surface area contributed by atoms with Crippen LogP contribution in [0.5, 0.6) is 0 Å². The van der Waals surface area contributed by atoms with Crippen molar-refractivity contribution < 1.29 is 22.9 Å². The molecule has 200 valence electrons. The molecule has 38 heavy (non-hydrogen) atoms. The van der Waals surface area contributed by atoms with Crippen LogP contribution in [0.1, 0.15) is 19.4 Å². The van der Waals surface area contributed by atoms with Gasteiger partial charge in [-0.15, -0.1) is 0 Å². The molecule has 1 atom stereocenters. The van der Waals surface area contributed by atoms with E-state index in [9.17, 15) is 28.1 Å². The third-order valence-electron chi connectivity index (χ3n) is 5.94. The molecule has 0 heterocycles. The molecule has 10 nitrogen and oxygen atoms in total. The molecular weight excluding hydrogens is 508 g/mol. The molecule has 11 heteroatoms. The van der Waals surface area contributed by atoms with E-state index in [-0.39, 0.29) is 28.7 Å². The van der Waals surface area contributed by atoms with Crippen LogP contribution < -0.4 is 9.62 Å². The molecule has 2 amide bonds. The van der Waals surface area contributed by atoms with E-state index in [0.29, 0.717) is 13.0 Å². The average Bonchev–Trinajstić information content (AvgIpc) is 2.92. The largest absolute Gasteiger partial charge is 0.355 e. The summed E-state index contributed by atoms with van der Waals surface area (Å²) in [5.41, 5.74) is 0.589. The van der Waals surface area contributed by atoms with Gasteiger partial charge in [0.1, 0.15) is 12.6 Å². The highest BCUT2D eigenvalue weighted by Crippen LogP contribution is 2.27. The Bertz CT molecular complexity index is 1370. The zero-order valence-electron chi connectivity index (χ0n) is 21.2. The van der Waals surface area contributed by atoms with Gasteiger partial charge in [-0.25, -0.2) is 8.42 Å². The normalized spacial score (nSPS) is 11.8. The average molecular weight is 539 g/mol. The van der Waals surface area contributed by atoms with Crippen molar-refractivity contribution in [3.63, 3.8) is 0 Å². The van der Waals surface area contributed by atoms with Crippen LogP contribution in [0, 0.1) is 10.1 Å². The van der Waals surface area contributed by atoms with E-state index < -0.39 is 33.4 Å². The number of nitro benzene ring substituents is 1. The van der Waals surface area contributed by atoms with Gasteiger partial charge in [0.05, 0.1) is 15.5 Å². The molecular formula is C27H30N4O6S. The lowest BCUT2D eigenvalue weighted by molar-refractivity contribution is -0.384. The van der Waals surface area contributed by atoms with E-state index >= 15 is 0 Å². The molecule has 0 aromatic heterocycles. The summed E-state index contributed by atoms with van der Waals surface area (Å²) in [6, 6.07) is 21.1. The topological polar surface area (TPSA) is 130 Å². The predicted octanol–water partition coefficient (Wildman–Crippen LogP) is 3.39. The van der Waals surface area contributed by atoms with Crippen LogP contribution in [0.25, 0.3) is 0 Å². The maximum Gasteiger partial charge on any atom is 0.271 e. The molecule has 0 bridgehead atoms. The lowest BCUT2D eigenvalue weighted by Gasteiger charge is -2.31. The maximum atomic E-state index is 13.7. The lowest BCUT2D eigenvalue weighted by atomic mass is 10.1. The summed E-state index contributed by atoms with van der Waals surface area (Å²) in [6.45, 7) is 3.22. The number of likely N-dealkylation sites (N-methyl/N-ethyl adjacent to an activating group) is 1. The summed E-state index contributed by atoms with van der Waals surface area (Å²) in [5, 5.41) is 14.1. The molecule has 0 radical (unpaired) electrons. The summed E-state index contributed by atoms with van der Waals surface area (Å²) in [5.74, 6) is -0.993. The second kappa shape index (κ2) is 12.8. The van der Waals surface area contributed by atoms with Gasteiger partial charge in [-0.05, 0) is 44.0 Å². The molecule has 0 aliphatic rings. The van der Waals surface area contributed by atoms with Gasteiger partial charge < -0.3 is 10.2 Å².